The van der Waals surface area contributed by atoms with Crippen LogP contribution in [0, 0.1) is 0 Å². The van der Waals surface area contributed by atoms with E-state index in [0.717, 1.165) is 6.54 Å². The number of hydrogen-bond acceptors (Lipinski definition) is 2. The van der Waals surface area contributed by atoms with E-state index in [2.05, 4.69) is 41.4 Å². The highest BCUT2D eigenvalue weighted by atomic mass is 15.2. The molecule has 1 atom stereocenters. The summed E-state index contributed by atoms with van der Waals surface area (Å²) in [6.45, 7) is 7.15. The molecule has 3 rings (SSSR count). The molecular formula is C17H26N2. The van der Waals surface area contributed by atoms with Crippen molar-refractivity contribution in [2.24, 2.45) is 0 Å². The maximum Gasteiger partial charge on any atom is 0.0306 e. The smallest absolute Gasteiger partial charge is 0.0306 e. The van der Waals surface area contributed by atoms with Crippen LogP contribution >= 0.6 is 0 Å². The Balaban J connectivity index is 1.72. The molecule has 0 aromatic heterocycles. The molecule has 1 aromatic rings. The highest BCUT2D eigenvalue weighted by Gasteiger charge is 2.33. The van der Waals surface area contributed by atoms with Crippen molar-refractivity contribution in [2.45, 2.75) is 51.1 Å². The predicted octanol–water partition coefficient (Wildman–Crippen LogP) is 2.97. The van der Waals surface area contributed by atoms with E-state index in [0.29, 0.717) is 5.54 Å². The molecule has 0 bridgehead atoms. The van der Waals surface area contributed by atoms with Gasteiger partial charge in [0.05, 0.1) is 0 Å². The lowest BCUT2D eigenvalue weighted by molar-refractivity contribution is 0.183. The Hall–Kier alpha value is -0.860. The van der Waals surface area contributed by atoms with E-state index >= 15 is 0 Å². The van der Waals surface area contributed by atoms with Crippen LogP contribution in [-0.4, -0.2) is 30.1 Å². The average Bonchev–Trinajstić information content (AvgIpc) is 2.80. The fourth-order valence-electron chi connectivity index (χ4n) is 3.75. The van der Waals surface area contributed by atoms with Crippen LogP contribution in [0.4, 0.5) is 0 Å². The standard InChI is InChI=1S/C17H26N2/c1-2-17(10-6-11-18-17)14-19-12-5-9-15-7-3-4-8-16(15)13-19/h3-4,7-8,18H,2,5-6,9-14H2,1H3. The van der Waals surface area contributed by atoms with Gasteiger partial charge in [-0.3, -0.25) is 4.90 Å². The van der Waals surface area contributed by atoms with Crippen LogP contribution in [0.25, 0.3) is 0 Å². The largest absolute Gasteiger partial charge is 0.310 e. The summed E-state index contributed by atoms with van der Waals surface area (Å²) in [7, 11) is 0. The molecule has 104 valence electrons. The van der Waals surface area contributed by atoms with Gasteiger partial charge >= 0.3 is 0 Å². The summed E-state index contributed by atoms with van der Waals surface area (Å²) in [4.78, 5) is 2.67. The lowest BCUT2D eigenvalue weighted by Gasteiger charge is -2.34. The number of nitrogens with one attached hydrogen (secondary N) is 1. The third-order valence-electron chi connectivity index (χ3n) is 4.97. The minimum Gasteiger partial charge on any atom is -0.310 e. The first kappa shape index (κ1) is 13.1. The Kier molecular flexibility index (Phi) is 3.90. The SMILES string of the molecule is CCC1(CN2CCCc3ccccc3C2)CCCN1. The van der Waals surface area contributed by atoms with Gasteiger partial charge in [-0.25, -0.2) is 0 Å². The summed E-state index contributed by atoms with van der Waals surface area (Å²) in [5.41, 5.74) is 3.50. The summed E-state index contributed by atoms with van der Waals surface area (Å²) in [5.74, 6) is 0. The average molecular weight is 258 g/mol. The van der Waals surface area contributed by atoms with Gasteiger partial charge in [-0.2, -0.15) is 0 Å². The molecule has 1 N–H and O–H groups in total. The molecule has 1 fully saturated rings. The number of nitrogens with zero attached hydrogens (tertiary/aromatic N) is 1. The van der Waals surface area contributed by atoms with E-state index in [-0.39, 0.29) is 0 Å². The second-order valence-corrected chi connectivity index (χ2v) is 6.25. The van der Waals surface area contributed by atoms with E-state index in [9.17, 15) is 0 Å². The second-order valence-electron chi connectivity index (χ2n) is 6.25. The van der Waals surface area contributed by atoms with Gasteiger partial charge in [0.2, 0.25) is 0 Å². The molecule has 2 heteroatoms. The first-order chi connectivity index (χ1) is 9.31. The molecule has 0 spiro atoms. The zero-order chi connectivity index (χ0) is 13.1. The van der Waals surface area contributed by atoms with Gasteiger partial charge < -0.3 is 5.32 Å². The Labute approximate surface area is 117 Å². The molecule has 1 unspecified atom stereocenters. The van der Waals surface area contributed by atoms with Crippen molar-refractivity contribution in [3.05, 3.63) is 35.4 Å². The fourth-order valence-corrected chi connectivity index (χ4v) is 3.75. The van der Waals surface area contributed by atoms with Gasteiger partial charge in [-0.15, -0.1) is 0 Å². The summed E-state index contributed by atoms with van der Waals surface area (Å²) in [5, 5.41) is 3.77. The number of fused-ring (bicyclic) bond motifs is 1. The Morgan fingerprint density at radius 1 is 1.21 bits per heavy atom. The maximum absolute atomic E-state index is 3.77. The van der Waals surface area contributed by atoms with Crippen molar-refractivity contribution in [3.63, 3.8) is 0 Å². The number of benzene rings is 1. The van der Waals surface area contributed by atoms with E-state index in [1.165, 1.54) is 51.7 Å². The van der Waals surface area contributed by atoms with Gasteiger partial charge in [0, 0.05) is 18.6 Å². The predicted molar refractivity (Wildman–Crippen MR) is 80.3 cm³/mol. The zero-order valence-corrected chi connectivity index (χ0v) is 12.1. The Morgan fingerprint density at radius 3 is 2.79 bits per heavy atom. The number of hydrogen-bond donors (Lipinski definition) is 1. The second kappa shape index (κ2) is 5.64. The molecule has 19 heavy (non-hydrogen) atoms. The lowest BCUT2D eigenvalue weighted by atomic mass is 9.93. The van der Waals surface area contributed by atoms with Crippen molar-refractivity contribution < 1.29 is 0 Å². The summed E-state index contributed by atoms with van der Waals surface area (Å²) >= 11 is 0. The van der Waals surface area contributed by atoms with Crippen molar-refractivity contribution >= 4 is 0 Å². The molecule has 1 aromatic carbocycles. The number of rotatable bonds is 3. The van der Waals surface area contributed by atoms with Crippen LogP contribution in [0.3, 0.4) is 0 Å². The van der Waals surface area contributed by atoms with Crippen LogP contribution in [-0.2, 0) is 13.0 Å². The monoisotopic (exact) mass is 258 g/mol. The molecule has 2 aliphatic heterocycles. The Morgan fingerprint density at radius 2 is 2.05 bits per heavy atom. The van der Waals surface area contributed by atoms with Gasteiger partial charge in [-0.1, -0.05) is 31.2 Å². The van der Waals surface area contributed by atoms with Crippen LogP contribution in [0.15, 0.2) is 24.3 Å². The highest BCUT2D eigenvalue weighted by molar-refractivity contribution is 5.28. The fraction of sp³-hybridized carbons (Fsp3) is 0.647. The first-order valence-corrected chi connectivity index (χ1v) is 7.85. The summed E-state index contributed by atoms with van der Waals surface area (Å²) < 4.78 is 0. The molecule has 0 amide bonds. The van der Waals surface area contributed by atoms with Crippen LogP contribution < -0.4 is 5.32 Å². The van der Waals surface area contributed by atoms with Gasteiger partial charge in [-0.05, 0) is 56.3 Å². The van der Waals surface area contributed by atoms with E-state index < -0.39 is 0 Å². The van der Waals surface area contributed by atoms with E-state index in [1.54, 1.807) is 11.1 Å². The third-order valence-corrected chi connectivity index (χ3v) is 4.97. The lowest BCUT2D eigenvalue weighted by Crippen LogP contribution is -2.49. The first-order valence-electron chi connectivity index (χ1n) is 7.85. The topological polar surface area (TPSA) is 15.3 Å². The molecule has 2 aliphatic rings. The molecule has 2 nitrogen and oxygen atoms in total. The van der Waals surface area contributed by atoms with Crippen LogP contribution in [0.2, 0.25) is 0 Å². The van der Waals surface area contributed by atoms with Crippen molar-refractivity contribution in [1.29, 1.82) is 0 Å². The van der Waals surface area contributed by atoms with E-state index in [1.807, 2.05) is 0 Å². The summed E-state index contributed by atoms with van der Waals surface area (Å²) in [6.07, 6.45) is 6.50. The molecule has 2 heterocycles. The minimum atomic E-state index is 0.388. The van der Waals surface area contributed by atoms with Crippen LogP contribution in [0.1, 0.15) is 43.7 Å². The van der Waals surface area contributed by atoms with Crippen molar-refractivity contribution in [3.8, 4) is 0 Å². The third kappa shape index (κ3) is 2.85. The molecule has 0 saturated carbocycles. The normalized spacial score (nSPS) is 28.1. The molecular weight excluding hydrogens is 232 g/mol. The van der Waals surface area contributed by atoms with Gasteiger partial charge in [0.25, 0.3) is 0 Å². The van der Waals surface area contributed by atoms with Crippen molar-refractivity contribution in [1.82, 2.24) is 10.2 Å². The van der Waals surface area contributed by atoms with Crippen LogP contribution in [0.5, 0.6) is 0 Å². The maximum atomic E-state index is 3.77. The summed E-state index contributed by atoms with van der Waals surface area (Å²) in [6, 6.07) is 8.99. The zero-order valence-electron chi connectivity index (χ0n) is 12.1. The molecule has 0 aliphatic carbocycles. The van der Waals surface area contributed by atoms with Gasteiger partial charge in [0.15, 0.2) is 0 Å². The number of aryl methyl sites for hydroxylation is 1. The molecule has 1 saturated heterocycles. The highest BCUT2D eigenvalue weighted by Crippen LogP contribution is 2.26. The quantitative estimate of drug-likeness (QED) is 0.896. The Bertz CT molecular complexity index is 421. The van der Waals surface area contributed by atoms with Gasteiger partial charge in [0.1, 0.15) is 0 Å². The van der Waals surface area contributed by atoms with Crippen molar-refractivity contribution in [2.75, 3.05) is 19.6 Å². The molecule has 0 radical (unpaired) electrons. The van der Waals surface area contributed by atoms with E-state index in [4.69, 9.17) is 0 Å². The minimum absolute atomic E-state index is 0.388.